The minimum Gasteiger partial charge on any atom is -0.305 e. The Balaban J connectivity index is 2.22. The van der Waals surface area contributed by atoms with Gasteiger partial charge in [-0.25, -0.2) is 18.7 Å². The summed E-state index contributed by atoms with van der Waals surface area (Å²) in [6, 6.07) is 3.33. The van der Waals surface area contributed by atoms with Gasteiger partial charge in [-0.15, -0.1) is 0 Å². The number of carbonyl (C=O) groups is 1. The molecule has 0 aliphatic carbocycles. The summed E-state index contributed by atoms with van der Waals surface area (Å²) in [5.74, 6) is -3.03. The van der Waals surface area contributed by atoms with E-state index in [4.69, 9.17) is 11.6 Å². The van der Waals surface area contributed by atoms with Crippen LogP contribution in [0, 0.1) is 11.6 Å². The number of rotatable bonds is 2. The molecule has 1 heterocycles. The van der Waals surface area contributed by atoms with Crippen molar-refractivity contribution in [2.75, 3.05) is 5.32 Å². The highest BCUT2D eigenvalue weighted by Crippen LogP contribution is 2.13. The summed E-state index contributed by atoms with van der Waals surface area (Å²) in [4.78, 5) is 19.1. The van der Waals surface area contributed by atoms with E-state index in [9.17, 15) is 13.6 Å². The van der Waals surface area contributed by atoms with Crippen molar-refractivity contribution in [1.82, 2.24) is 9.97 Å². The van der Waals surface area contributed by atoms with E-state index in [1.807, 2.05) is 0 Å². The van der Waals surface area contributed by atoms with Crippen molar-refractivity contribution in [2.45, 2.75) is 0 Å². The minimum absolute atomic E-state index is 0.0908. The molecule has 0 atom stereocenters. The molecule has 1 aromatic heterocycles. The van der Waals surface area contributed by atoms with Crippen LogP contribution in [0.3, 0.4) is 0 Å². The zero-order valence-electron chi connectivity index (χ0n) is 8.82. The minimum atomic E-state index is -1.21. The van der Waals surface area contributed by atoms with Crippen molar-refractivity contribution in [3.05, 3.63) is 52.9 Å². The zero-order chi connectivity index (χ0) is 13.1. The number of aromatic nitrogens is 2. The molecule has 4 nitrogen and oxygen atoms in total. The lowest BCUT2D eigenvalue weighted by molar-refractivity contribution is 0.102. The summed E-state index contributed by atoms with van der Waals surface area (Å²) < 4.78 is 26.3. The number of benzene rings is 1. The van der Waals surface area contributed by atoms with Gasteiger partial charge in [0.25, 0.3) is 5.91 Å². The monoisotopic (exact) mass is 269 g/mol. The first-order valence-electron chi connectivity index (χ1n) is 4.81. The summed E-state index contributed by atoms with van der Waals surface area (Å²) in [7, 11) is 0. The van der Waals surface area contributed by atoms with Crippen LogP contribution in [0.5, 0.6) is 0 Å². The van der Waals surface area contributed by atoms with Gasteiger partial charge in [-0.05, 0) is 12.1 Å². The first-order valence-corrected chi connectivity index (χ1v) is 5.18. The highest BCUT2D eigenvalue weighted by Gasteiger charge is 2.15. The van der Waals surface area contributed by atoms with E-state index < -0.39 is 23.1 Å². The maximum absolute atomic E-state index is 13.3. The van der Waals surface area contributed by atoms with Gasteiger partial charge in [-0.1, -0.05) is 17.7 Å². The number of nitrogens with zero attached hydrogens (tertiary/aromatic N) is 2. The van der Waals surface area contributed by atoms with E-state index in [1.54, 1.807) is 0 Å². The van der Waals surface area contributed by atoms with Gasteiger partial charge in [-0.2, -0.15) is 0 Å². The molecule has 0 saturated heterocycles. The SMILES string of the molecule is O=C(Nc1cnc(Cl)cn1)c1cccc(F)c1F. The predicted octanol–water partition coefficient (Wildman–Crippen LogP) is 2.66. The molecule has 0 bridgehead atoms. The molecule has 0 aliphatic rings. The third kappa shape index (κ3) is 2.60. The van der Waals surface area contributed by atoms with Crippen LogP contribution < -0.4 is 5.32 Å². The first kappa shape index (κ1) is 12.4. The quantitative estimate of drug-likeness (QED) is 0.912. The molecular weight excluding hydrogens is 264 g/mol. The summed E-state index contributed by atoms with van der Waals surface area (Å²) in [6.45, 7) is 0. The van der Waals surface area contributed by atoms with E-state index in [0.29, 0.717) is 0 Å². The fourth-order valence-corrected chi connectivity index (χ4v) is 1.34. The second-order valence-electron chi connectivity index (χ2n) is 3.28. The van der Waals surface area contributed by atoms with Crippen molar-refractivity contribution in [3.8, 4) is 0 Å². The topological polar surface area (TPSA) is 54.9 Å². The van der Waals surface area contributed by atoms with Gasteiger partial charge in [0.15, 0.2) is 17.5 Å². The van der Waals surface area contributed by atoms with Crippen LogP contribution in [0.2, 0.25) is 5.15 Å². The van der Waals surface area contributed by atoms with Crippen molar-refractivity contribution in [1.29, 1.82) is 0 Å². The van der Waals surface area contributed by atoms with E-state index in [0.717, 1.165) is 12.1 Å². The number of hydrogen-bond acceptors (Lipinski definition) is 3. The molecule has 0 aliphatic heterocycles. The second-order valence-corrected chi connectivity index (χ2v) is 3.67. The third-order valence-corrected chi connectivity index (χ3v) is 2.25. The lowest BCUT2D eigenvalue weighted by Gasteiger charge is -2.05. The van der Waals surface area contributed by atoms with E-state index >= 15 is 0 Å². The van der Waals surface area contributed by atoms with Gasteiger partial charge >= 0.3 is 0 Å². The largest absolute Gasteiger partial charge is 0.305 e. The molecule has 18 heavy (non-hydrogen) atoms. The van der Waals surface area contributed by atoms with Gasteiger partial charge in [0.2, 0.25) is 0 Å². The summed E-state index contributed by atoms with van der Waals surface area (Å²) >= 11 is 5.52. The van der Waals surface area contributed by atoms with E-state index in [-0.39, 0.29) is 11.0 Å². The van der Waals surface area contributed by atoms with Crippen molar-refractivity contribution in [2.24, 2.45) is 0 Å². The van der Waals surface area contributed by atoms with Crippen LogP contribution in [0.1, 0.15) is 10.4 Å². The molecule has 1 amide bonds. The Morgan fingerprint density at radius 1 is 1.22 bits per heavy atom. The lowest BCUT2D eigenvalue weighted by Crippen LogP contribution is -2.15. The van der Waals surface area contributed by atoms with Gasteiger partial charge in [0, 0.05) is 0 Å². The van der Waals surface area contributed by atoms with Crippen LogP contribution in [0.4, 0.5) is 14.6 Å². The summed E-state index contributed by atoms with van der Waals surface area (Å²) in [5, 5.41) is 2.43. The van der Waals surface area contributed by atoms with Gasteiger partial charge < -0.3 is 5.32 Å². The molecule has 2 aromatic rings. The maximum Gasteiger partial charge on any atom is 0.259 e. The molecule has 0 fully saturated rings. The molecule has 0 unspecified atom stereocenters. The highest BCUT2D eigenvalue weighted by atomic mass is 35.5. The molecular formula is C11H6ClF2N3O. The van der Waals surface area contributed by atoms with Crippen molar-refractivity contribution in [3.63, 3.8) is 0 Å². The number of amides is 1. The molecule has 7 heteroatoms. The number of carbonyl (C=O) groups excluding carboxylic acids is 1. The van der Waals surface area contributed by atoms with E-state index in [2.05, 4.69) is 15.3 Å². The number of hydrogen-bond donors (Lipinski definition) is 1. The van der Waals surface area contributed by atoms with E-state index in [1.165, 1.54) is 18.5 Å². The fraction of sp³-hybridized carbons (Fsp3) is 0. The van der Waals surface area contributed by atoms with Crippen LogP contribution in [-0.4, -0.2) is 15.9 Å². The Kier molecular flexibility index (Phi) is 3.47. The first-order chi connectivity index (χ1) is 8.58. The average molecular weight is 270 g/mol. The van der Waals surface area contributed by atoms with Crippen LogP contribution in [-0.2, 0) is 0 Å². The fourth-order valence-electron chi connectivity index (χ4n) is 1.24. The van der Waals surface area contributed by atoms with Crippen LogP contribution >= 0.6 is 11.6 Å². The molecule has 92 valence electrons. The lowest BCUT2D eigenvalue weighted by atomic mass is 10.2. The van der Waals surface area contributed by atoms with Crippen LogP contribution in [0.25, 0.3) is 0 Å². The van der Waals surface area contributed by atoms with Gasteiger partial charge in [-0.3, -0.25) is 4.79 Å². The van der Waals surface area contributed by atoms with Crippen molar-refractivity contribution >= 4 is 23.3 Å². The average Bonchev–Trinajstić information content (AvgIpc) is 2.35. The van der Waals surface area contributed by atoms with Crippen LogP contribution in [0.15, 0.2) is 30.6 Å². The normalized spacial score (nSPS) is 10.2. The second kappa shape index (κ2) is 5.05. The maximum atomic E-state index is 13.3. The Labute approximate surface area is 106 Å². The predicted molar refractivity (Wildman–Crippen MR) is 61.4 cm³/mol. The van der Waals surface area contributed by atoms with Crippen molar-refractivity contribution < 1.29 is 13.6 Å². The third-order valence-electron chi connectivity index (χ3n) is 2.06. The molecule has 0 radical (unpaired) electrons. The summed E-state index contributed by atoms with van der Waals surface area (Å²) in [6.07, 6.45) is 2.43. The highest BCUT2D eigenvalue weighted by molar-refractivity contribution is 6.29. The number of halogens is 3. The van der Waals surface area contributed by atoms with Gasteiger partial charge in [0.1, 0.15) is 5.15 Å². The molecule has 0 spiro atoms. The Morgan fingerprint density at radius 3 is 2.67 bits per heavy atom. The molecule has 1 aromatic carbocycles. The Hall–Kier alpha value is -2.08. The smallest absolute Gasteiger partial charge is 0.259 e. The van der Waals surface area contributed by atoms with Gasteiger partial charge in [0.05, 0.1) is 18.0 Å². The number of nitrogens with one attached hydrogen (secondary N) is 1. The molecule has 1 N–H and O–H groups in total. The standard InChI is InChI=1S/C11H6ClF2N3O/c12-8-4-16-9(5-15-8)17-11(18)6-2-1-3-7(13)10(6)14/h1-5H,(H,16,17,18). The number of anilines is 1. The Bertz CT molecular complexity index is 589. The molecule has 0 saturated carbocycles. The summed E-state index contributed by atoms with van der Waals surface area (Å²) in [5.41, 5.74) is -0.410. The zero-order valence-corrected chi connectivity index (χ0v) is 9.58. The molecule has 2 rings (SSSR count). The Morgan fingerprint density at radius 2 is 2.00 bits per heavy atom.